The van der Waals surface area contributed by atoms with Gasteiger partial charge >= 0.3 is 0 Å². The number of benzene rings is 1. The normalized spacial score (nSPS) is 21.3. The quantitative estimate of drug-likeness (QED) is 0.594. The van der Waals surface area contributed by atoms with E-state index in [4.69, 9.17) is 9.73 Å². The van der Waals surface area contributed by atoms with E-state index in [9.17, 15) is 0 Å². The largest absolute Gasteiger partial charge is 0.497 e. The number of hydrogen-bond donors (Lipinski definition) is 2. The number of nitrogens with one attached hydrogen (secondary N) is 2. The Labute approximate surface area is 144 Å². The van der Waals surface area contributed by atoms with Gasteiger partial charge in [-0.3, -0.25) is 4.99 Å². The van der Waals surface area contributed by atoms with Crippen LogP contribution in [0.15, 0.2) is 29.3 Å². The second-order valence-corrected chi connectivity index (χ2v) is 7.01. The summed E-state index contributed by atoms with van der Waals surface area (Å²) in [7, 11) is 1.70. The van der Waals surface area contributed by atoms with Crippen molar-refractivity contribution < 1.29 is 4.74 Å². The molecule has 0 radical (unpaired) electrons. The molecule has 1 saturated carbocycles. The van der Waals surface area contributed by atoms with Crippen molar-refractivity contribution in [3.8, 4) is 5.75 Å². The van der Waals surface area contributed by atoms with Gasteiger partial charge in [0.1, 0.15) is 5.75 Å². The fourth-order valence-corrected chi connectivity index (χ4v) is 3.72. The number of aliphatic imine (C=N–C) groups is 1. The molecule has 1 aromatic rings. The van der Waals surface area contributed by atoms with Crippen LogP contribution in [0.3, 0.4) is 0 Å². The van der Waals surface area contributed by atoms with Gasteiger partial charge in [0.15, 0.2) is 5.96 Å². The highest BCUT2D eigenvalue weighted by Gasteiger charge is 2.24. The van der Waals surface area contributed by atoms with Crippen LogP contribution in [0.25, 0.3) is 0 Å². The van der Waals surface area contributed by atoms with Crippen molar-refractivity contribution in [1.29, 1.82) is 0 Å². The van der Waals surface area contributed by atoms with Crippen molar-refractivity contribution in [2.75, 3.05) is 26.5 Å². The van der Waals surface area contributed by atoms with Gasteiger partial charge in [0.25, 0.3) is 0 Å². The van der Waals surface area contributed by atoms with Gasteiger partial charge < -0.3 is 15.4 Å². The molecule has 23 heavy (non-hydrogen) atoms. The maximum atomic E-state index is 5.27. The van der Waals surface area contributed by atoms with Crippen LogP contribution in [0.5, 0.6) is 5.75 Å². The minimum Gasteiger partial charge on any atom is -0.497 e. The Balaban J connectivity index is 1.85. The third-order valence-corrected chi connectivity index (χ3v) is 5.30. The van der Waals surface area contributed by atoms with E-state index in [0.717, 1.165) is 36.5 Å². The summed E-state index contributed by atoms with van der Waals surface area (Å²) in [6.07, 6.45) is 6.92. The molecule has 0 heterocycles. The minimum atomic E-state index is 0.557. The number of hydrogen-bond acceptors (Lipinski definition) is 3. The van der Waals surface area contributed by atoms with Gasteiger partial charge in [0, 0.05) is 24.4 Å². The second-order valence-electron chi connectivity index (χ2n) is 5.87. The van der Waals surface area contributed by atoms with Crippen LogP contribution in [0.2, 0.25) is 0 Å². The summed E-state index contributed by atoms with van der Waals surface area (Å²) in [6, 6.07) is 8.76. The lowest BCUT2D eigenvalue weighted by Gasteiger charge is -2.17. The predicted molar refractivity (Wildman–Crippen MR) is 101 cm³/mol. The smallest absolute Gasteiger partial charge is 0.191 e. The highest BCUT2D eigenvalue weighted by molar-refractivity contribution is 7.99. The summed E-state index contributed by atoms with van der Waals surface area (Å²) >= 11 is 1.98. The Morgan fingerprint density at radius 2 is 2.26 bits per heavy atom. The molecule has 0 aliphatic heterocycles. The van der Waals surface area contributed by atoms with E-state index in [1.807, 2.05) is 23.9 Å². The zero-order valence-electron chi connectivity index (χ0n) is 14.5. The predicted octanol–water partition coefficient (Wildman–Crippen LogP) is 3.08. The maximum Gasteiger partial charge on any atom is 0.191 e. The molecular weight excluding hydrogens is 306 g/mol. The second kappa shape index (κ2) is 9.71. The van der Waals surface area contributed by atoms with Gasteiger partial charge in [0.05, 0.1) is 7.11 Å². The molecule has 1 aromatic carbocycles. The van der Waals surface area contributed by atoms with Gasteiger partial charge in [-0.15, -0.1) is 0 Å². The first kappa shape index (κ1) is 18.0. The molecule has 1 aliphatic rings. The monoisotopic (exact) mass is 335 g/mol. The zero-order valence-corrected chi connectivity index (χ0v) is 15.3. The molecule has 2 atom stereocenters. The molecule has 128 valence electrons. The third-order valence-electron chi connectivity index (χ3n) is 4.21. The summed E-state index contributed by atoms with van der Waals surface area (Å²) in [5.41, 5.74) is 1.26. The van der Waals surface area contributed by atoms with E-state index in [1.165, 1.54) is 24.8 Å². The Kier molecular flexibility index (Phi) is 7.59. The Morgan fingerprint density at radius 1 is 1.39 bits per heavy atom. The molecular formula is C18H29N3OS. The first-order valence-electron chi connectivity index (χ1n) is 8.45. The Bertz CT molecular complexity index is 507. The number of ether oxygens (including phenoxy) is 1. The molecule has 0 bridgehead atoms. The van der Waals surface area contributed by atoms with Crippen LogP contribution in [0.4, 0.5) is 0 Å². The van der Waals surface area contributed by atoms with Gasteiger partial charge in [-0.1, -0.05) is 12.1 Å². The first-order chi connectivity index (χ1) is 11.2. The number of methoxy groups -OCH3 is 1. The van der Waals surface area contributed by atoms with Crippen molar-refractivity contribution in [3.05, 3.63) is 29.8 Å². The summed E-state index contributed by atoms with van der Waals surface area (Å²) in [4.78, 5) is 4.73. The lowest BCUT2D eigenvalue weighted by Crippen LogP contribution is -2.42. The molecule has 0 spiro atoms. The fraction of sp³-hybridized carbons (Fsp3) is 0.611. The Hall–Kier alpha value is -1.36. The van der Waals surface area contributed by atoms with Gasteiger partial charge in [-0.05, 0) is 56.6 Å². The minimum absolute atomic E-state index is 0.557. The summed E-state index contributed by atoms with van der Waals surface area (Å²) in [5.74, 6) is 1.85. The first-order valence-corrected chi connectivity index (χ1v) is 9.74. The van der Waals surface area contributed by atoms with E-state index in [0.29, 0.717) is 6.04 Å². The standard InChI is InChI=1S/C18H29N3OS/c1-4-19-18(21-15-8-9-17(13-15)23-3)20-11-10-14-6-5-7-16(12-14)22-2/h5-7,12,15,17H,4,8-11,13H2,1-3H3,(H2,19,20,21). The molecule has 4 nitrogen and oxygen atoms in total. The molecule has 0 aromatic heterocycles. The van der Waals surface area contributed by atoms with E-state index in [2.05, 4.69) is 35.9 Å². The van der Waals surface area contributed by atoms with E-state index in [1.54, 1.807) is 7.11 Å². The number of thioether (sulfide) groups is 1. The molecule has 2 rings (SSSR count). The fourth-order valence-electron chi connectivity index (χ4n) is 2.92. The maximum absolute atomic E-state index is 5.27. The van der Waals surface area contributed by atoms with Gasteiger partial charge in [0.2, 0.25) is 0 Å². The van der Waals surface area contributed by atoms with E-state index in [-0.39, 0.29) is 0 Å². The number of nitrogens with zero attached hydrogens (tertiary/aromatic N) is 1. The average Bonchev–Trinajstić information content (AvgIpc) is 3.03. The summed E-state index contributed by atoms with van der Waals surface area (Å²) in [5, 5.41) is 7.75. The molecule has 5 heteroatoms. The van der Waals surface area contributed by atoms with E-state index < -0.39 is 0 Å². The van der Waals surface area contributed by atoms with Crippen molar-refractivity contribution >= 4 is 17.7 Å². The van der Waals surface area contributed by atoms with Crippen molar-refractivity contribution in [2.45, 2.75) is 43.9 Å². The van der Waals surface area contributed by atoms with Crippen LogP contribution in [-0.4, -0.2) is 43.7 Å². The van der Waals surface area contributed by atoms with Crippen LogP contribution in [0, 0.1) is 0 Å². The van der Waals surface area contributed by atoms with Crippen LogP contribution < -0.4 is 15.4 Å². The van der Waals surface area contributed by atoms with Crippen molar-refractivity contribution in [1.82, 2.24) is 10.6 Å². The third kappa shape index (κ3) is 5.98. The van der Waals surface area contributed by atoms with Crippen LogP contribution in [-0.2, 0) is 6.42 Å². The summed E-state index contributed by atoms with van der Waals surface area (Å²) in [6.45, 7) is 3.78. The summed E-state index contributed by atoms with van der Waals surface area (Å²) < 4.78 is 5.27. The van der Waals surface area contributed by atoms with Gasteiger partial charge in [-0.25, -0.2) is 0 Å². The van der Waals surface area contributed by atoms with Gasteiger partial charge in [-0.2, -0.15) is 11.8 Å². The molecule has 0 saturated heterocycles. The zero-order chi connectivity index (χ0) is 16.5. The number of rotatable bonds is 7. The lowest BCUT2D eigenvalue weighted by molar-refractivity contribution is 0.414. The van der Waals surface area contributed by atoms with Crippen molar-refractivity contribution in [3.63, 3.8) is 0 Å². The molecule has 1 fully saturated rings. The molecule has 1 aliphatic carbocycles. The highest BCUT2D eigenvalue weighted by Crippen LogP contribution is 2.28. The highest BCUT2D eigenvalue weighted by atomic mass is 32.2. The lowest BCUT2D eigenvalue weighted by atomic mass is 10.1. The van der Waals surface area contributed by atoms with E-state index >= 15 is 0 Å². The topological polar surface area (TPSA) is 45.7 Å². The van der Waals surface area contributed by atoms with Crippen LogP contribution in [0.1, 0.15) is 31.7 Å². The molecule has 2 unspecified atom stereocenters. The number of guanidine groups is 1. The average molecular weight is 336 g/mol. The van der Waals surface area contributed by atoms with Crippen molar-refractivity contribution in [2.24, 2.45) is 4.99 Å². The van der Waals surface area contributed by atoms with Crippen LogP contribution >= 0.6 is 11.8 Å². The molecule has 2 N–H and O–H groups in total. The molecule has 0 amide bonds. The SMILES string of the molecule is CCNC(=NCCc1cccc(OC)c1)NC1CCC(SC)C1. The Morgan fingerprint density at radius 3 is 2.96 bits per heavy atom.